The Hall–Kier alpha value is -4.55. The molecule has 2 aromatic heterocycles. The van der Waals surface area contributed by atoms with Gasteiger partial charge in [-0.3, -0.25) is 25.0 Å². The molecule has 43 heavy (non-hydrogen) atoms. The fraction of sp³-hybridized carbons (Fsp3) is 0.387. The van der Waals surface area contributed by atoms with Gasteiger partial charge < -0.3 is 25.4 Å². The number of hydrogen-bond donors (Lipinski definition) is 4. The van der Waals surface area contributed by atoms with E-state index in [1.165, 1.54) is 0 Å². The molecule has 1 aromatic carbocycles. The van der Waals surface area contributed by atoms with Gasteiger partial charge in [0.05, 0.1) is 42.5 Å². The van der Waals surface area contributed by atoms with Crippen LogP contribution in [-0.4, -0.2) is 71.3 Å². The number of ether oxygens (including phenoxy) is 2. The summed E-state index contributed by atoms with van der Waals surface area (Å²) >= 11 is 0. The molecular weight excluding hydrogens is 550 g/mol. The van der Waals surface area contributed by atoms with Crippen molar-refractivity contribution in [3.63, 3.8) is 0 Å². The zero-order chi connectivity index (χ0) is 30.7. The lowest BCUT2D eigenvalue weighted by molar-refractivity contribution is 0.0369. The Morgan fingerprint density at radius 3 is 2.35 bits per heavy atom. The molecular formula is C31H39N7O5. The minimum Gasteiger partial charge on any atom is -0.444 e. The lowest BCUT2D eigenvalue weighted by Gasteiger charge is -2.27. The molecule has 4 amide bonds. The summed E-state index contributed by atoms with van der Waals surface area (Å²) in [5, 5.41) is 11.3. The van der Waals surface area contributed by atoms with Crippen molar-refractivity contribution in [3.05, 3.63) is 78.4 Å². The molecule has 1 aliphatic heterocycles. The zero-order valence-corrected chi connectivity index (χ0v) is 24.8. The highest BCUT2D eigenvalue weighted by atomic mass is 16.6. The summed E-state index contributed by atoms with van der Waals surface area (Å²) in [6.45, 7) is 9.43. The third kappa shape index (κ3) is 10.3. The number of amides is 4. The number of nitrogens with one attached hydrogen (secondary N) is 4. The van der Waals surface area contributed by atoms with Gasteiger partial charge in [-0.2, -0.15) is 0 Å². The van der Waals surface area contributed by atoms with Crippen molar-refractivity contribution in [2.75, 3.05) is 48.8 Å². The number of anilines is 3. The number of morpholine rings is 1. The molecule has 0 spiro atoms. The number of rotatable bonds is 10. The molecule has 12 nitrogen and oxygen atoms in total. The third-order valence-electron chi connectivity index (χ3n) is 6.53. The van der Waals surface area contributed by atoms with Crippen molar-refractivity contribution in [2.24, 2.45) is 0 Å². The first kappa shape index (κ1) is 31.4. The topological polar surface area (TPSA) is 147 Å². The van der Waals surface area contributed by atoms with Gasteiger partial charge in [-0.05, 0) is 76.1 Å². The lowest BCUT2D eigenvalue weighted by atomic mass is 10.0. The Morgan fingerprint density at radius 2 is 1.70 bits per heavy atom. The quantitative estimate of drug-likeness (QED) is 0.257. The summed E-state index contributed by atoms with van der Waals surface area (Å²) in [4.78, 5) is 48.9. The smallest absolute Gasteiger partial charge is 0.412 e. The number of aromatic nitrogens is 2. The summed E-state index contributed by atoms with van der Waals surface area (Å²) in [6, 6.07) is 13.0. The Balaban J connectivity index is 1.42. The Labute approximate surface area is 251 Å². The van der Waals surface area contributed by atoms with Crippen molar-refractivity contribution >= 4 is 35.1 Å². The van der Waals surface area contributed by atoms with Crippen LogP contribution in [0.2, 0.25) is 0 Å². The Morgan fingerprint density at radius 1 is 0.953 bits per heavy atom. The van der Waals surface area contributed by atoms with E-state index in [1.54, 1.807) is 87.9 Å². The first-order valence-electron chi connectivity index (χ1n) is 14.3. The van der Waals surface area contributed by atoms with E-state index in [0.29, 0.717) is 23.5 Å². The molecule has 0 bridgehead atoms. The molecule has 3 aromatic rings. The van der Waals surface area contributed by atoms with Gasteiger partial charge in [0.25, 0.3) is 5.91 Å². The number of pyridine rings is 2. The maximum absolute atomic E-state index is 13.1. The maximum atomic E-state index is 13.1. The van der Waals surface area contributed by atoms with E-state index < -0.39 is 17.6 Å². The highest BCUT2D eigenvalue weighted by Crippen LogP contribution is 2.24. The van der Waals surface area contributed by atoms with Gasteiger partial charge in [0.2, 0.25) is 0 Å². The fourth-order valence-corrected chi connectivity index (χ4v) is 4.47. The van der Waals surface area contributed by atoms with Gasteiger partial charge in [0, 0.05) is 25.5 Å². The molecule has 1 unspecified atom stereocenters. The van der Waals surface area contributed by atoms with E-state index in [4.69, 9.17) is 9.47 Å². The summed E-state index contributed by atoms with van der Waals surface area (Å²) < 4.78 is 10.8. The summed E-state index contributed by atoms with van der Waals surface area (Å²) in [6.07, 6.45) is 5.70. The molecule has 3 heterocycles. The Bertz CT molecular complexity index is 1360. The van der Waals surface area contributed by atoms with Gasteiger partial charge in [0.15, 0.2) is 0 Å². The van der Waals surface area contributed by atoms with Crippen LogP contribution in [-0.2, 0) is 9.47 Å². The standard InChI is InChI=1S/C31H39N7O5/c1-31(2,3)43-30(41)37-26-10-5-4-9-25(26)35-28(39)27-13-12-22(20-33-27)24(11-7-15-38-16-18-42-19-17-38)36-29(40)34-23-8-6-14-32-21-23/h4-6,8-10,12-14,20-21,24H,7,11,15-19H2,1-3H3,(H,35,39)(H,37,41)(H2,34,36,40). The zero-order valence-electron chi connectivity index (χ0n) is 24.8. The van der Waals surface area contributed by atoms with Crippen LogP contribution in [0.5, 0.6) is 0 Å². The number of urea groups is 1. The predicted molar refractivity (Wildman–Crippen MR) is 164 cm³/mol. The van der Waals surface area contributed by atoms with Gasteiger partial charge in [-0.25, -0.2) is 9.59 Å². The molecule has 0 radical (unpaired) electrons. The summed E-state index contributed by atoms with van der Waals surface area (Å²) in [5.74, 6) is -0.448. The normalized spacial score (nSPS) is 14.3. The minimum atomic E-state index is -0.664. The molecule has 4 rings (SSSR count). The largest absolute Gasteiger partial charge is 0.444 e. The molecule has 1 saturated heterocycles. The molecule has 1 atom stereocenters. The first-order chi connectivity index (χ1) is 20.7. The van der Waals surface area contributed by atoms with Crippen LogP contribution in [0.1, 0.15) is 55.7 Å². The van der Waals surface area contributed by atoms with Gasteiger partial charge in [-0.15, -0.1) is 0 Å². The molecule has 1 fully saturated rings. The molecule has 228 valence electrons. The van der Waals surface area contributed by atoms with Crippen LogP contribution < -0.4 is 21.3 Å². The fourth-order valence-electron chi connectivity index (χ4n) is 4.47. The van der Waals surface area contributed by atoms with Gasteiger partial charge >= 0.3 is 12.1 Å². The second kappa shape index (κ2) is 15.1. The monoisotopic (exact) mass is 589 g/mol. The number of carbonyl (C=O) groups is 3. The second-order valence-electron chi connectivity index (χ2n) is 11.1. The van der Waals surface area contributed by atoms with Crippen LogP contribution in [0.25, 0.3) is 0 Å². The van der Waals surface area contributed by atoms with Crippen molar-refractivity contribution in [1.29, 1.82) is 0 Å². The van der Waals surface area contributed by atoms with E-state index in [9.17, 15) is 14.4 Å². The first-order valence-corrected chi connectivity index (χ1v) is 14.3. The Kier molecular flexibility index (Phi) is 11.0. The second-order valence-corrected chi connectivity index (χ2v) is 11.1. The SMILES string of the molecule is CC(C)(C)OC(=O)Nc1ccccc1NC(=O)c1ccc(C(CCCN2CCOCC2)NC(=O)Nc2cccnc2)cn1. The summed E-state index contributed by atoms with van der Waals surface area (Å²) in [7, 11) is 0. The lowest BCUT2D eigenvalue weighted by Crippen LogP contribution is -2.37. The third-order valence-corrected chi connectivity index (χ3v) is 6.53. The van der Waals surface area contributed by atoms with Crippen LogP contribution in [0, 0.1) is 0 Å². The average Bonchev–Trinajstić information content (AvgIpc) is 2.98. The number of benzene rings is 1. The van der Waals surface area contributed by atoms with E-state index in [-0.39, 0.29) is 17.8 Å². The van der Waals surface area contributed by atoms with Crippen molar-refractivity contribution in [1.82, 2.24) is 20.2 Å². The molecule has 0 aliphatic carbocycles. The van der Waals surface area contributed by atoms with Crippen molar-refractivity contribution in [2.45, 2.75) is 45.3 Å². The van der Waals surface area contributed by atoms with Gasteiger partial charge in [0.1, 0.15) is 11.3 Å². The maximum Gasteiger partial charge on any atom is 0.412 e. The number of nitrogens with zero attached hydrogens (tertiary/aromatic N) is 3. The number of para-hydroxylation sites is 2. The van der Waals surface area contributed by atoms with Gasteiger partial charge in [-0.1, -0.05) is 18.2 Å². The minimum absolute atomic E-state index is 0.183. The van der Waals surface area contributed by atoms with E-state index in [0.717, 1.165) is 44.8 Å². The number of hydrogen-bond acceptors (Lipinski definition) is 8. The molecule has 4 N–H and O–H groups in total. The van der Waals surface area contributed by atoms with Crippen molar-refractivity contribution in [3.8, 4) is 0 Å². The predicted octanol–water partition coefficient (Wildman–Crippen LogP) is 5.05. The average molecular weight is 590 g/mol. The molecule has 1 aliphatic rings. The van der Waals surface area contributed by atoms with Crippen LogP contribution in [0.4, 0.5) is 26.7 Å². The highest BCUT2D eigenvalue weighted by Gasteiger charge is 2.20. The van der Waals surface area contributed by atoms with Crippen LogP contribution in [0.15, 0.2) is 67.1 Å². The number of carbonyl (C=O) groups excluding carboxylic acids is 3. The van der Waals surface area contributed by atoms with Crippen molar-refractivity contribution < 1.29 is 23.9 Å². The van der Waals surface area contributed by atoms with E-state index in [1.807, 2.05) is 0 Å². The van der Waals surface area contributed by atoms with Crippen LogP contribution >= 0.6 is 0 Å². The summed E-state index contributed by atoms with van der Waals surface area (Å²) in [5.41, 5.74) is 1.67. The van der Waals surface area contributed by atoms with E-state index in [2.05, 4.69) is 36.1 Å². The van der Waals surface area contributed by atoms with E-state index >= 15 is 0 Å². The van der Waals surface area contributed by atoms with Crippen LogP contribution in [0.3, 0.4) is 0 Å². The highest BCUT2D eigenvalue weighted by molar-refractivity contribution is 6.05. The molecule has 12 heteroatoms. The molecule has 0 saturated carbocycles.